The average molecular weight is 357 g/mol. The van der Waals surface area contributed by atoms with E-state index in [2.05, 4.69) is 25.5 Å². The van der Waals surface area contributed by atoms with Crippen LogP contribution in [0, 0.1) is 11.3 Å². The molecule has 132 valence electrons. The van der Waals surface area contributed by atoms with Crippen molar-refractivity contribution in [2.24, 2.45) is 0 Å². The van der Waals surface area contributed by atoms with Gasteiger partial charge in [-0.15, -0.1) is 5.10 Å². The van der Waals surface area contributed by atoms with Crippen LogP contribution in [-0.4, -0.2) is 31.7 Å². The molecule has 27 heavy (non-hydrogen) atoms. The van der Waals surface area contributed by atoms with Gasteiger partial charge < -0.3 is 14.7 Å². The van der Waals surface area contributed by atoms with E-state index in [4.69, 9.17) is 14.7 Å². The Labute approximate surface area is 154 Å². The van der Waals surface area contributed by atoms with Crippen molar-refractivity contribution in [3.8, 4) is 28.9 Å². The molecule has 0 bridgehead atoms. The topological polar surface area (TPSA) is 116 Å². The van der Waals surface area contributed by atoms with Gasteiger partial charge in [0.05, 0.1) is 6.07 Å². The zero-order valence-corrected chi connectivity index (χ0v) is 14.3. The van der Waals surface area contributed by atoms with Crippen LogP contribution in [0.25, 0.3) is 33.7 Å². The van der Waals surface area contributed by atoms with Gasteiger partial charge in [0.25, 0.3) is 0 Å². The zero-order chi connectivity index (χ0) is 18.2. The van der Waals surface area contributed by atoms with Gasteiger partial charge in [0.1, 0.15) is 6.54 Å². The molecule has 8 heteroatoms. The summed E-state index contributed by atoms with van der Waals surface area (Å²) in [4.78, 5) is 12.5. The highest BCUT2D eigenvalue weighted by Crippen LogP contribution is 2.39. The maximum absolute atomic E-state index is 8.62. The van der Waals surface area contributed by atoms with Crippen LogP contribution in [0.3, 0.4) is 0 Å². The standard InChI is InChI=1S/C19H15N7O/c20-6-8-22-19-26-25-18(27-19)12-3-4-16-13(9-12)14(10-23-16)17-21-7-5-15(24-17)11-1-2-11/h3-5,7,9-11,23H,1-2,8H2,(H,22,26). The first-order valence-corrected chi connectivity index (χ1v) is 8.71. The number of H-pyrrole nitrogens is 1. The summed E-state index contributed by atoms with van der Waals surface area (Å²) in [5.41, 5.74) is 3.82. The van der Waals surface area contributed by atoms with Crippen LogP contribution >= 0.6 is 0 Å². The summed E-state index contributed by atoms with van der Waals surface area (Å²) >= 11 is 0. The Morgan fingerprint density at radius 2 is 2.19 bits per heavy atom. The molecule has 1 aliphatic carbocycles. The third-order valence-electron chi connectivity index (χ3n) is 4.59. The van der Waals surface area contributed by atoms with E-state index in [-0.39, 0.29) is 12.6 Å². The van der Waals surface area contributed by atoms with E-state index in [1.165, 1.54) is 12.8 Å². The summed E-state index contributed by atoms with van der Waals surface area (Å²) in [6.07, 6.45) is 6.15. The van der Waals surface area contributed by atoms with Crippen LogP contribution in [0.5, 0.6) is 0 Å². The molecule has 0 aliphatic heterocycles. The van der Waals surface area contributed by atoms with Crippen LogP contribution in [0.15, 0.2) is 41.1 Å². The monoisotopic (exact) mass is 357 g/mol. The second kappa shape index (κ2) is 6.21. The molecule has 1 aromatic carbocycles. The van der Waals surface area contributed by atoms with Crippen LogP contribution in [0.4, 0.5) is 6.01 Å². The molecular formula is C19H15N7O. The molecular weight excluding hydrogens is 342 g/mol. The number of nitriles is 1. The van der Waals surface area contributed by atoms with Gasteiger partial charge in [-0.25, -0.2) is 9.97 Å². The molecule has 3 aromatic heterocycles. The van der Waals surface area contributed by atoms with Crippen molar-refractivity contribution in [1.29, 1.82) is 5.26 Å². The number of hydrogen-bond acceptors (Lipinski definition) is 7. The van der Waals surface area contributed by atoms with E-state index in [1.54, 1.807) is 0 Å². The third-order valence-corrected chi connectivity index (χ3v) is 4.59. The largest absolute Gasteiger partial charge is 0.403 e. The maximum atomic E-state index is 8.62. The van der Waals surface area contributed by atoms with Crippen LogP contribution in [-0.2, 0) is 0 Å². The fraction of sp³-hybridized carbons (Fsp3) is 0.211. The number of aromatic nitrogens is 5. The molecule has 0 unspecified atom stereocenters. The second-order valence-electron chi connectivity index (χ2n) is 6.47. The highest BCUT2D eigenvalue weighted by atomic mass is 16.4. The maximum Gasteiger partial charge on any atom is 0.316 e. The van der Waals surface area contributed by atoms with Gasteiger partial charge in [0.2, 0.25) is 5.89 Å². The van der Waals surface area contributed by atoms with Crippen molar-refractivity contribution in [2.45, 2.75) is 18.8 Å². The second-order valence-corrected chi connectivity index (χ2v) is 6.47. The molecule has 0 atom stereocenters. The van der Waals surface area contributed by atoms with Crippen molar-refractivity contribution < 1.29 is 4.42 Å². The van der Waals surface area contributed by atoms with E-state index < -0.39 is 0 Å². The number of rotatable bonds is 5. The Balaban J connectivity index is 1.54. The van der Waals surface area contributed by atoms with Crippen molar-refractivity contribution in [1.82, 2.24) is 25.1 Å². The highest BCUT2D eigenvalue weighted by molar-refractivity contribution is 5.96. The molecule has 1 saturated carbocycles. The highest BCUT2D eigenvalue weighted by Gasteiger charge is 2.25. The van der Waals surface area contributed by atoms with Gasteiger partial charge in [-0.05, 0) is 37.1 Å². The van der Waals surface area contributed by atoms with E-state index >= 15 is 0 Å². The number of nitrogens with zero attached hydrogens (tertiary/aromatic N) is 5. The Morgan fingerprint density at radius 1 is 1.26 bits per heavy atom. The first-order valence-electron chi connectivity index (χ1n) is 8.71. The molecule has 1 aliphatic rings. The van der Waals surface area contributed by atoms with E-state index in [0.29, 0.717) is 17.6 Å². The summed E-state index contributed by atoms with van der Waals surface area (Å²) in [5.74, 6) is 1.67. The van der Waals surface area contributed by atoms with E-state index in [1.807, 2.05) is 42.7 Å². The van der Waals surface area contributed by atoms with Gasteiger partial charge in [-0.1, -0.05) is 5.10 Å². The van der Waals surface area contributed by atoms with E-state index in [9.17, 15) is 0 Å². The predicted octanol–water partition coefficient (Wildman–Crippen LogP) is 3.49. The minimum atomic E-state index is 0.108. The number of fused-ring (bicyclic) bond motifs is 1. The minimum absolute atomic E-state index is 0.108. The van der Waals surface area contributed by atoms with Crippen molar-refractivity contribution in [3.05, 3.63) is 42.4 Å². The van der Waals surface area contributed by atoms with Crippen molar-refractivity contribution in [3.63, 3.8) is 0 Å². The van der Waals surface area contributed by atoms with Crippen LogP contribution < -0.4 is 5.32 Å². The Bertz CT molecular complexity index is 1170. The smallest absolute Gasteiger partial charge is 0.316 e. The van der Waals surface area contributed by atoms with Crippen molar-refractivity contribution in [2.75, 3.05) is 11.9 Å². The fourth-order valence-electron chi connectivity index (χ4n) is 3.07. The molecule has 0 spiro atoms. The lowest BCUT2D eigenvalue weighted by atomic mass is 10.1. The number of nitrogens with one attached hydrogen (secondary N) is 2. The van der Waals surface area contributed by atoms with Crippen LogP contribution in [0.2, 0.25) is 0 Å². The van der Waals surface area contributed by atoms with Gasteiger partial charge in [-0.3, -0.25) is 0 Å². The SMILES string of the molecule is N#CCNc1nnc(-c2ccc3[nH]cc(-c4nccc(C5CC5)n4)c3c2)o1. The first-order chi connectivity index (χ1) is 13.3. The minimum Gasteiger partial charge on any atom is -0.403 e. The number of aromatic amines is 1. The molecule has 0 saturated heterocycles. The zero-order valence-electron chi connectivity index (χ0n) is 14.3. The molecule has 3 heterocycles. The summed E-state index contributed by atoms with van der Waals surface area (Å²) < 4.78 is 5.58. The average Bonchev–Trinajstić information content (AvgIpc) is 3.31. The lowest BCUT2D eigenvalue weighted by Crippen LogP contribution is -1.97. The first kappa shape index (κ1) is 15.5. The van der Waals surface area contributed by atoms with Gasteiger partial charge in [-0.2, -0.15) is 5.26 Å². The van der Waals surface area contributed by atoms with Gasteiger partial charge in [0, 0.05) is 46.0 Å². The molecule has 4 aromatic rings. The molecule has 5 rings (SSSR count). The summed E-state index contributed by atoms with van der Waals surface area (Å²) in [6, 6.07) is 10.0. The normalized spacial score (nSPS) is 13.6. The van der Waals surface area contributed by atoms with Gasteiger partial charge >= 0.3 is 6.01 Å². The third kappa shape index (κ3) is 2.89. The predicted molar refractivity (Wildman–Crippen MR) is 98.7 cm³/mol. The van der Waals surface area contributed by atoms with Gasteiger partial charge in [0.15, 0.2) is 5.82 Å². The molecule has 0 amide bonds. The summed E-state index contributed by atoms with van der Waals surface area (Å²) in [6.45, 7) is 0.108. The molecule has 1 fully saturated rings. The number of benzene rings is 1. The van der Waals surface area contributed by atoms with Crippen molar-refractivity contribution >= 4 is 16.9 Å². The Kier molecular flexibility index (Phi) is 3.57. The number of anilines is 1. The quantitative estimate of drug-likeness (QED) is 0.525. The van der Waals surface area contributed by atoms with E-state index in [0.717, 1.165) is 27.7 Å². The lowest BCUT2D eigenvalue weighted by molar-refractivity contribution is 0.584. The summed E-state index contributed by atoms with van der Waals surface area (Å²) in [5, 5.41) is 20.3. The Hall–Kier alpha value is -3.73. The fourth-order valence-corrected chi connectivity index (χ4v) is 3.07. The molecule has 0 radical (unpaired) electrons. The lowest BCUT2D eigenvalue weighted by Gasteiger charge is -2.02. The Morgan fingerprint density at radius 3 is 3.04 bits per heavy atom. The van der Waals surface area contributed by atoms with Crippen LogP contribution in [0.1, 0.15) is 24.5 Å². The molecule has 8 nitrogen and oxygen atoms in total. The summed E-state index contributed by atoms with van der Waals surface area (Å²) in [7, 11) is 0. The molecule has 2 N–H and O–H groups in total. The number of hydrogen-bond donors (Lipinski definition) is 2.